The average molecular weight is 362 g/mol. The Morgan fingerprint density at radius 2 is 1.84 bits per heavy atom. The quantitative estimate of drug-likeness (QED) is 0.852. The summed E-state index contributed by atoms with van der Waals surface area (Å²) in [5.74, 6) is -0.0613. The van der Waals surface area contributed by atoms with Crippen LogP contribution in [0.15, 0.2) is 48.5 Å². The third kappa shape index (κ3) is 3.80. The highest BCUT2D eigenvalue weighted by atomic mass is 127. The van der Waals surface area contributed by atoms with Crippen LogP contribution in [0.5, 0.6) is 0 Å². The maximum absolute atomic E-state index is 11.9. The van der Waals surface area contributed by atoms with Crippen LogP contribution in [-0.4, -0.2) is 5.91 Å². The van der Waals surface area contributed by atoms with Gasteiger partial charge in [0.05, 0.1) is 23.7 Å². The summed E-state index contributed by atoms with van der Waals surface area (Å²) in [7, 11) is 0. The van der Waals surface area contributed by atoms with E-state index in [0.29, 0.717) is 12.0 Å². The zero-order chi connectivity index (χ0) is 13.7. The van der Waals surface area contributed by atoms with Gasteiger partial charge in [-0.2, -0.15) is 5.26 Å². The van der Waals surface area contributed by atoms with Crippen molar-refractivity contribution in [3.63, 3.8) is 0 Å². The summed E-state index contributed by atoms with van der Waals surface area (Å²) >= 11 is 2.18. The Morgan fingerprint density at radius 1 is 1.16 bits per heavy atom. The van der Waals surface area contributed by atoms with E-state index in [1.165, 1.54) is 0 Å². The van der Waals surface area contributed by atoms with Crippen molar-refractivity contribution in [3.05, 3.63) is 63.2 Å². The molecule has 2 aromatic rings. The van der Waals surface area contributed by atoms with E-state index >= 15 is 0 Å². The van der Waals surface area contributed by atoms with E-state index in [-0.39, 0.29) is 5.91 Å². The van der Waals surface area contributed by atoms with Crippen molar-refractivity contribution in [2.75, 3.05) is 5.32 Å². The van der Waals surface area contributed by atoms with Crippen LogP contribution >= 0.6 is 22.6 Å². The van der Waals surface area contributed by atoms with E-state index in [1.807, 2.05) is 24.3 Å². The highest BCUT2D eigenvalue weighted by Gasteiger charge is 2.06. The van der Waals surface area contributed by atoms with Crippen LogP contribution in [0.3, 0.4) is 0 Å². The SMILES string of the molecule is N#Cc1ccc(CC(=O)Nc2ccccc2I)cc1. The smallest absolute Gasteiger partial charge is 0.228 e. The van der Waals surface area contributed by atoms with Gasteiger partial charge in [-0.15, -0.1) is 0 Å². The van der Waals surface area contributed by atoms with Gasteiger partial charge in [0.15, 0.2) is 0 Å². The van der Waals surface area contributed by atoms with Crippen molar-refractivity contribution < 1.29 is 4.79 Å². The standard InChI is InChI=1S/C15H11IN2O/c16-13-3-1-2-4-14(13)18-15(19)9-11-5-7-12(10-17)8-6-11/h1-8H,9H2,(H,18,19). The van der Waals surface area contributed by atoms with Crippen LogP contribution in [0, 0.1) is 14.9 Å². The molecule has 0 atom stereocenters. The van der Waals surface area contributed by atoms with Crippen molar-refractivity contribution in [2.45, 2.75) is 6.42 Å². The fourth-order valence-electron chi connectivity index (χ4n) is 1.64. The Balaban J connectivity index is 2.01. The van der Waals surface area contributed by atoms with Crippen molar-refractivity contribution >= 4 is 34.2 Å². The van der Waals surface area contributed by atoms with E-state index in [9.17, 15) is 4.79 Å². The molecule has 94 valence electrons. The number of hydrogen-bond acceptors (Lipinski definition) is 2. The van der Waals surface area contributed by atoms with E-state index < -0.39 is 0 Å². The fourth-order valence-corrected chi connectivity index (χ4v) is 2.16. The summed E-state index contributed by atoms with van der Waals surface area (Å²) in [5.41, 5.74) is 2.31. The van der Waals surface area contributed by atoms with Crippen molar-refractivity contribution in [1.82, 2.24) is 0 Å². The first-order valence-corrected chi connectivity index (χ1v) is 6.80. The Morgan fingerprint density at radius 3 is 2.47 bits per heavy atom. The lowest BCUT2D eigenvalue weighted by atomic mass is 10.1. The van der Waals surface area contributed by atoms with Gasteiger partial charge in [-0.05, 0) is 52.4 Å². The molecule has 0 saturated carbocycles. The second-order valence-electron chi connectivity index (χ2n) is 4.01. The number of nitrogens with zero attached hydrogens (tertiary/aromatic N) is 1. The molecule has 3 nitrogen and oxygen atoms in total. The number of anilines is 1. The van der Waals surface area contributed by atoms with Crippen LogP contribution in [-0.2, 0) is 11.2 Å². The number of carbonyl (C=O) groups excluding carboxylic acids is 1. The second-order valence-corrected chi connectivity index (χ2v) is 5.18. The maximum Gasteiger partial charge on any atom is 0.228 e. The zero-order valence-corrected chi connectivity index (χ0v) is 12.2. The molecule has 0 spiro atoms. The van der Waals surface area contributed by atoms with Gasteiger partial charge < -0.3 is 5.32 Å². The van der Waals surface area contributed by atoms with Gasteiger partial charge in [0, 0.05) is 3.57 Å². The predicted molar refractivity (Wildman–Crippen MR) is 82.6 cm³/mol. The summed E-state index contributed by atoms with van der Waals surface area (Å²) in [6.45, 7) is 0. The molecular formula is C15H11IN2O. The lowest BCUT2D eigenvalue weighted by Crippen LogP contribution is -2.15. The number of para-hydroxylation sites is 1. The molecule has 1 amide bonds. The molecule has 0 aromatic heterocycles. The highest BCUT2D eigenvalue weighted by Crippen LogP contribution is 2.17. The molecule has 0 heterocycles. The molecule has 0 radical (unpaired) electrons. The molecule has 0 aliphatic carbocycles. The Hall–Kier alpha value is -1.87. The molecule has 0 aliphatic rings. The molecule has 2 aromatic carbocycles. The minimum absolute atomic E-state index is 0.0613. The van der Waals surface area contributed by atoms with E-state index in [4.69, 9.17) is 5.26 Å². The molecule has 0 saturated heterocycles. The second kappa shape index (κ2) is 6.34. The Kier molecular flexibility index (Phi) is 4.53. The van der Waals surface area contributed by atoms with Crippen molar-refractivity contribution in [3.8, 4) is 6.07 Å². The number of carbonyl (C=O) groups is 1. The van der Waals surface area contributed by atoms with Gasteiger partial charge in [0.25, 0.3) is 0 Å². The molecule has 2 rings (SSSR count). The highest BCUT2D eigenvalue weighted by molar-refractivity contribution is 14.1. The van der Waals surface area contributed by atoms with Gasteiger partial charge in [-0.1, -0.05) is 24.3 Å². The van der Waals surface area contributed by atoms with Gasteiger partial charge in [-0.25, -0.2) is 0 Å². The Labute approximate surface area is 125 Å². The predicted octanol–water partition coefficient (Wildman–Crippen LogP) is 3.34. The van der Waals surface area contributed by atoms with E-state index in [1.54, 1.807) is 24.3 Å². The molecule has 0 unspecified atom stereocenters. The normalized spacial score (nSPS) is 9.68. The van der Waals surface area contributed by atoms with Crippen LogP contribution in [0.1, 0.15) is 11.1 Å². The minimum atomic E-state index is -0.0613. The summed E-state index contributed by atoms with van der Waals surface area (Å²) in [4.78, 5) is 11.9. The third-order valence-electron chi connectivity index (χ3n) is 2.60. The van der Waals surface area contributed by atoms with E-state index in [0.717, 1.165) is 14.8 Å². The number of amides is 1. The van der Waals surface area contributed by atoms with Gasteiger partial charge in [-0.3, -0.25) is 4.79 Å². The van der Waals surface area contributed by atoms with Crippen LogP contribution in [0.25, 0.3) is 0 Å². The number of nitriles is 1. The molecule has 4 heteroatoms. The minimum Gasteiger partial charge on any atom is -0.325 e. The maximum atomic E-state index is 11.9. The monoisotopic (exact) mass is 362 g/mol. The van der Waals surface area contributed by atoms with Crippen molar-refractivity contribution in [2.24, 2.45) is 0 Å². The largest absolute Gasteiger partial charge is 0.325 e. The number of halogens is 1. The first kappa shape index (κ1) is 13.6. The molecule has 0 bridgehead atoms. The number of nitrogens with one attached hydrogen (secondary N) is 1. The number of benzene rings is 2. The summed E-state index contributed by atoms with van der Waals surface area (Å²) in [6.07, 6.45) is 0.302. The van der Waals surface area contributed by atoms with Gasteiger partial charge in [0.2, 0.25) is 5.91 Å². The zero-order valence-electron chi connectivity index (χ0n) is 10.1. The lowest BCUT2D eigenvalue weighted by molar-refractivity contribution is -0.115. The number of hydrogen-bond donors (Lipinski definition) is 1. The lowest BCUT2D eigenvalue weighted by Gasteiger charge is -2.07. The topological polar surface area (TPSA) is 52.9 Å². The first-order chi connectivity index (χ1) is 9.19. The summed E-state index contributed by atoms with van der Waals surface area (Å²) in [6, 6.07) is 16.7. The first-order valence-electron chi connectivity index (χ1n) is 5.72. The van der Waals surface area contributed by atoms with Crippen molar-refractivity contribution in [1.29, 1.82) is 5.26 Å². The summed E-state index contributed by atoms with van der Waals surface area (Å²) in [5, 5.41) is 11.6. The van der Waals surface area contributed by atoms with Crippen LogP contribution in [0.2, 0.25) is 0 Å². The molecule has 1 N–H and O–H groups in total. The molecular weight excluding hydrogens is 351 g/mol. The number of rotatable bonds is 3. The third-order valence-corrected chi connectivity index (χ3v) is 3.54. The van der Waals surface area contributed by atoms with Gasteiger partial charge >= 0.3 is 0 Å². The molecule has 19 heavy (non-hydrogen) atoms. The van der Waals surface area contributed by atoms with Gasteiger partial charge in [0.1, 0.15) is 0 Å². The molecule has 0 fully saturated rings. The average Bonchev–Trinajstić information content (AvgIpc) is 2.42. The van der Waals surface area contributed by atoms with Crippen LogP contribution in [0.4, 0.5) is 5.69 Å². The van der Waals surface area contributed by atoms with Crippen LogP contribution < -0.4 is 5.32 Å². The fraction of sp³-hybridized carbons (Fsp3) is 0.0667. The summed E-state index contributed by atoms with van der Waals surface area (Å²) < 4.78 is 1.01. The molecule has 0 aliphatic heterocycles. The van der Waals surface area contributed by atoms with E-state index in [2.05, 4.69) is 34.0 Å². The Bertz CT molecular complexity index is 629.